The number of aryl methyl sites for hydroxylation is 2. The Morgan fingerprint density at radius 3 is 2.46 bits per heavy atom. The fourth-order valence-corrected chi connectivity index (χ4v) is 4.81. The highest BCUT2D eigenvalue weighted by atomic mass is 32.2. The smallest absolute Gasteiger partial charge is 0.318 e. The average Bonchev–Trinajstić information content (AvgIpc) is 3.07. The topological polar surface area (TPSA) is 116 Å². The van der Waals surface area contributed by atoms with Crippen LogP contribution in [-0.4, -0.2) is 20.1 Å². The van der Waals surface area contributed by atoms with Gasteiger partial charge in [-0.1, -0.05) is 53.8 Å². The fourth-order valence-electron chi connectivity index (χ4n) is 3.53. The second kappa shape index (κ2) is 9.65. The van der Waals surface area contributed by atoms with Gasteiger partial charge in [-0.2, -0.15) is 0 Å². The van der Waals surface area contributed by atoms with Gasteiger partial charge in [0.05, 0.1) is 26.5 Å². The normalized spacial score (nSPS) is 14.5. The lowest BCUT2D eigenvalue weighted by Gasteiger charge is -2.17. The van der Waals surface area contributed by atoms with Crippen molar-refractivity contribution in [3.8, 4) is 11.5 Å². The number of nitro benzene ring substituents is 2. The number of non-ortho nitro benzene ring substituents is 1. The van der Waals surface area contributed by atoms with Gasteiger partial charge >= 0.3 is 5.69 Å². The molecule has 0 spiro atoms. The molecule has 9 nitrogen and oxygen atoms in total. The highest BCUT2D eigenvalue weighted by molar-refractivity contribution is 8.27. The Balaban J connectivity index is 1.61. The van der Waals surface area contributed by atoms with E-state index in [1.54, 1.807) is 30.3 Å². The van der Waals surface area contributed by atoms with Crippen LogP contribution in [0.15, 0.2) is 65.6 Å². The van der Waals surface area contributed by atoms with Crippen molar-refractivity contribution in [1.29, 1.82) is 0 Å². The Morgan fingerprint density at radius 2 is 1.77 bits per heavy atom. The van der Waals surface area contributed by atoms with E-state index in [-0.39, 0.29) is 17.4 Å². The monoisotopic (exact) mass is 507 g/mol. The van der Waals surface area contributed by atoms with Crippen LogP contribution < -0.4 is 9.64 Å². The third-order valence-corrected chi connectivity index (χ3v) is 6.42. The molecule has 0 saturated carbocycles. The van der Waals surface area contributed by atoms with Crippen molar-refractivity contribution in [3.63, 3.8) is 0 Å². The van der Waals surface area contributed by atoms with Gasteiger partial charge in [0.15, 0.2) is 4.32 Å². The van der Waals surface area contributed by atoms with Crippen LogP contribution in [0.1, 0.15) is 16.7 Å². The standard InChI is InChI=1S/C24H17N3O6S2/c1-14-6-8-19(15(2)10-14)25-23(28)22(35-24(25)34)12-16-4-3-5-18(11-16)33-21-9-7-17(26(29)30)13-20(21)27(31)32/h3-13H,1-2H3/b22-12-. The third kappa shape index (κ3) is 5.05. The molecule has 176 valence electrons. The molecular formula is C24H17N3O6S2. The summed E-state index contributed by atoms with van der Waals surface area (Å²) in [5.74, 6) is -0.122. The Labute approximate surface area is 209 Å². The number of ether oxygens (including phenoxy) is 1. The van der Waals surface area contributed by atoms with Crippen LogP contribution in [-0.2, 0) is 4.79 Å². The zero-order chi connectivity index (χ0) is 25.3. The minimum Gasteiger partial charge on any atom is -0.450 e. The molecule has 1 aliphatic heterocycles. The summed E-state index contributed by atoms with van der Waals surface area (Å²) in [6.45, 7) is 3.89. The molecule has 3 aromatic rings. The number of rotatable bonds is 6. The van der Waals surface area contributed by atoms with Crippen molar-refractivity contribution >= 4 is 57.3 Å². The first kappa shape index (κ1) is 24.0. The van der Waals surface area contributed by atoms with Crippen LogP contribution in [0, 0.1) is 34.1 Å². The summed E-state index contributed by atoms with van der Waals surface area (Å²) in [4.78, 5) is 35.9. The largest absolute Gasteiger partial charge is 0.450 e. The Hall–Kier alpha value is -4.09. The molecule has 0 aromatic heterocycles. The molecule has 1 heterocycles. The Bertz CT molecular complexity index is 1440. The SMILES string of the molecule is Cc1ccc(N2C(=O)/C(=C/c3cccc(Oc4ccc([N+](=O)[O-])cc4[N+](=O)[O-])c3)SC2=S)c(C)c1. The van der Waals surface area contributed by atoms with Gasteiger partial charge in [0, 0.05) is 6.07 Å². The van der Waals surface area contributed by atoms with Crippen LogP contribution in [0.5, 0.6) is 11.5 Å². The van der Waals surface area contributed by atoms with Crippen molar-refractivity contribution in [3.05, 3.63) is 102 Å². The summed E-state index contributed by atoms with van der Waals surface area (Å²) in [5.41, 5.74) is 2.42. The number of nitrogens with zero attached hydrogens (tertiary/aromatic N) is 3. The second-order valence-electron chi connectivity index (χ2n) is 7.65. The first-order valence-corrected chi connectivity index (χ1v) is 11.4. The van der Waals surface area contributed by atoms with E-state index in [1.165, 1.54) is 22.7 Å². The molecule has 1 fully saturated rings. The number of nitro groups is 2. The maximum Gasteiger partial charge on any atom is 0.318 e. The van der Waals surface area contributed by atoms with Crippen molar-refractivity contribution in [2.75, 3.05) is 4.90 Å². The molecule has 4 rings (SSSR count). The van der Waals surface area contributed by atoms with Crippen LogP contribution >= 0.6 is 24.0 Å². The molecule has 0 aliphatic carbocycles. The molecule has 3 aromatic carbocycles. The van der Waals surface area contributed by atoms with Crippen LogP contribution in [0.4, 0.5) is 17.1 Å². The minimum atomic E-state index is -0.745. The van der Waals surface area contributed by atoms with E-state index in [9.17, 15) is 25.0 Å². The van der Waals surface area contributed by atoms with Crippen molar-refractivity contribution in [1.82, 2.24) is 0 Å². The maximum absolute atomic E-state index is 13.1. The number of thioether (sulfide) groups is 1. The lowest BCUT2D eigenvalue weighted by atomic mass is 10.1. The summed E-state index contributed by atoms with van der Waals surface area (Å²) in [5, 5.41) is 22.3. The van der Waals surface area contributed by atoms with Crippen LogP contribution in [0.3, 0.4) is 0 Å². The van der Waals surface area contributed by atoms with Crippen molar-refractivity contribution in [2.24, 2.45) is 0 Å². The van der Waals surface area contributed by atoms with Crippen molar-refractivity contribution in [2.45, 2.75) is 13.8 Å². The quantitative estimate of drug-likeness (QED) is 0.165. The van der Waals surface area contributed by atoms with Crippen LogP contribution in [0.25, 0.3) is 6.08 Å². The first-order valence-electron chi connectivity index (χ1n) is 10.2. The molecule has 1 aliphatic rings. The zero-order valence-electron chi connectivity index (χ0n) is 18.5. The summed E-state index contributed by atoms with van der Waals surface area (Å²) in [6, 6.07) is 15.5. The van der Waals surface area contributed by atoms with Gasteiger partial charge in [-0.05, 0) is 55.3 Å². The van der Waals surface area contributed by atoms with E-state index in [1.807, 2.05) is 32.0 Å². The first-order chi connectivity index (χ1) is 16.6. The van der Waals surface area contributed by atoms with Crippen molar-refractivity contribution < 1.29 is 19.4 Å². The molecule has 0 radical (unpaired) electrons. The van der Waals surface area contributed by atoms with Gasteiger partial charge in [-0.25, -0.2) is 0 Å². The van der Waals surface area contributed by atoms with Gasteiger partial charge in [0.2, 0.25) is 5.75 Å². The summed E-state index contributed by atoms with van der Waals surface area (Å²) < 4.78 is 6.07. The Kier molecular flexibility index (Phi) is 6.63. The molecule has 1 amide bonds. The molecule has 1 saturated heterocycles. The fraction of sp³-hybridized carbons (Fsp3) is 0.0833. The molecule has 0 atom stereocenters. The highest BCUT2D eigenvalue weighted by Crippen LogP contribution is 2.38. The number of carbonyl (C=O) groups is 1. The molecule has 35 heavy (non-hydrogen) atoms. The van der Waals surface area contributed by atoms with E-state index in [0.29, 0.717) is 14.8 Å². The number of benzene rings is 3. The van der Waals surface area contributed by atoms with E-state index >= 15 is 0 Å². The van der Waals surface area contributed by atoms with E-state index < -0.39 is 21.2 Å². The minimum absolute atomic E-state index is 0.140. The zero-order valence-corrected chi connectivity index (χ0v) is 20.1. The van der Waals surface area contributed by atoms with E-state index in [2.05, 4.69) is 0 Å². The van der Waals surface area contributed by atoms with Gasteiger partial charge in [-0.3, -0.25) is 29.9 Å². The second-order valence-corrected chi connectivity index (χ2v) is 9.32. The summed E-state index contributed by atoms with van der Waals surface area (Å²) in [7, 11) is 0. The highest BCUT2D eigenvalue weighted by Gasteiger charge is 2.34. The number of anilines is 1. The van der Waals surface area contributed by atoms with Gasteiger partial charge < -0.3 is 4.74 Å². The number of hydrogen-bond acceptors (Lipinski definition) is 8. The predicted octanol–water partition coefficient (Wildman–Crippen LogP) is 6.32. The molecule has 0 bridgehead atoms. The number of carbonyl (C=O) groups excluding carboxylic acids is 1. The Morgan fingerprint density at radius 1 is 1.00 bits per heavy atom. The lowest BCUT2D eigenvalue weighted by Crippen LogP contribution is -2.28. The maximum atomic E-state index is 13.1. The van der Waals surface area contributed by atoms with E-state index in [0.717, 1.165) is 28.9 Å². The summed E-state index contributed by atoms with van der Waals surface area (Å²) in [6.07, 6.45) is 1.67. The molecular weight excluding hydrogens is 490 g/mol. The third-order valence-electron chi connectivity index (χ3n) is 5.12. The predicted molar refractivity (Wildman–Crippen MR) is 138 cm³/mol. The van der Waals surface area contributed by atoms with Gasteiger partial charge in [0.1, 0.15) is 5.75 Å². The lowest BCUT2D eigenvalue weighted by molar-refractivity contribution is -0.394. The molecule has 0 unspecified atom stereocenters. The van der Waals surface area contributed by atoms with Gasteiger partial charge in [0.25, 0.3) is 11.6 Å². The average molecular weight is 508 g/mol. The molecule has 11 heteroatoms. The van der Waals surface area contributed by atoms with E-state index in [4.69, 9.17) is 17.0 Å². The number of amides is 1. The van der Waals surface area contributed by atoms with Crippen LogP contribution in [0.2, 0.25) is 0 Å². The summed E-state index contributed by atoms with van der Waals surface area (Å²) >= 11 is 6.64. The molecule has 0 N–H and O–H groups in total. The van der Waals surface area contributed by atoms with Gasteiger partial charge in [-0.15, -0.1) is 0 Å². The number of thiocarbonyl (C=S) groups is 1. The number of hydrogen-bond donors (Lipinski definition) is 0.